The first kappa shape index (κ1) is 22.5. The number of carbonyl (C=O) groups is 2. The van der Waals surface area contributed by atoms with Gasteiger partial charge in [0.25, 0.3) is 5.91 Å². The Balaban J connectivity index is 1.34. The molecule has 1 N–H and O–H groups in total. The summed E-state index contributed by atoms with van der Waals surface area (Å²) in [5.41, 5.74) is 3.10. The van der Waals surface area contributed by atoms with Crippen LogP contribution in [0.5, 0.6) is 0 Å². The van der Waals surface area contributed by atoms with E-state index in [-0.39, 0.29) is 23.9 Å². The van der Waals surface area contributed by atoms with Crippen LogP contribution >= 0.6 is 22.6 Å². The lowest BCUT2D eigenvalue weighted by molar-refractivity contribution is -0.120. The molecule has 7 heteroatoms. The van der Waals surface area contributed by atoms with E-state index in [1.165, 1.54) is 6.26 Å². The van der Waals surface area contributed by atoms with Crippen molar-refractivity contribution >= 4 is 34.4 Å². The van der Waals surface area contributed by atoms with Crippen LogP contribution in [0.4, 0.5) is 0 Å². The molecule has 0 unspecified atom stereocenters. The monoisotopic (exact) mass is 543 g/mol. The van der Waals surface area contributed by atoms with Gasteiger partial charge in [-0.3, -0.25) is 9.59 Å². The summed E-state index contributed by atoms with van der Waals surface area (Å²) >= 11 is 2.25. The number of benzene rings is 2. The van der Waals surface area contributed by atoms with Gasteiger partial charge in [0.15, 0.2) is 5.69 Å². The molecule has 2 atom stereocenters. The first-order valence-corrected chi connectivity index (χ1v) is 11.9. The molecule has 6 nitrogen and oxygen atoms in total. The van der Waals surface area contributed by atoms with Gasteiger partial charge in [-0.05, 0) is 84.7 Å². The summed E-state index contributed by atoms with van der Waals surface area (Å²) < 4.78 is 6.73. The third kappa shape index (κ3) is 5.20. The lowest BCUT2D eigenvalue weighted by Gasteiger charge is -2.25. The molecule has 1 aromatic heterocycles. The molecule has 4 rings (SSSR count). The van der Waals surface area contributed by atoms with E-state index in [2.05, 4.69) is 46.7 Å². The van der Waals surface area contributed by atoms with Crippen LogP contribution in [0.25, 0.3) is 11.5 Å². The number of carbonyl (C=O) groups excluding carboxylic acids is 2. The van der Waals surface area contributed by atoms with Crippen LogP contribution < -0.4 is 5.32 Å². The van der Waals surface area contributed by atoms with Crippen LogP contribution in [0.15, 0.2) is 59.2 Å². The first-order chi connectivity index (χ1) is 15.4. The minimum Gasteiger partial charge on any atom is -0.444 e. The number of nitrogens with one attached hydrogen (secondary N) is 1. The van der Waals surface area contributed by atoms with Crippen molar-refractivity contribution in [1.29, 1.82) is 0 Å². The quantitative estimate of drug-likeness (QED) is 0.453. The Kier molecular flexibility index (Phi) is 6.93. The van der Waals surface area contributed by atoms with Gasteiger partial charge in [-0.25, -0.2) is 4.98 Å². The van der Waals surface area contributed by atoms with Crippen LogP contribution in [0.1, 0.15) is 48.3 Å². The molecule has 1 aliphatic heterocycles. The summed E-state index contributed by atoms with van der Waals surface area (Å²) in [6, 6.07) is 16.0. The predicted octanol–water partition coefficient (Wildman–Crippen LogP) is 4.82. The van der Waals surface area contributed by atoms with Gasteiger partial charge in [0.1, 0.15) is 6.26 Å². The number of nitrogens with zero attached hydrogens (tertiary/aromatic N) is 2. The number of likely N-dealkylation sites (tertiary alicyclic amines) is 1. The molecule has 1 saturated heterocycles. The van der Waals surface area contributed by atoms with E-state index in [0.29, 0.717) is 24.6 Å². The Hall–Kier alpha value is -2.68. The van der Waals surface area contributed by atoms with E-state index in [9.17, 15) is 9.59 Å². The summed E-state index contributed by atoms with van der Waals surface area (Å²) in [6.45, 7) is 4.59. The number of hydrogen-bond donors (Lipinski definition) is 1. The number of aromatic nitrogens is 1. The third-order valence-corrected chi connectivity index (χ3v) is 6.60. The molecule has 0 radical (unpaired) electrons. The summed E-state index contributed by atoms with van der Waals surface area (Å²) in [7, 11) is 0. The highest BCUT2D eigenvalue weighted by Crippen LogP contribution is 2.27. The van der Waals surface area contributed by atoms with Crippen LogP contribution in [-0.4, -0.2) is 33.8 Å². The second-order valence-corrected chi connectivity index (χ2v) is 9.55. The Morgan fingerprint density at radius 1 is 1.03 bits per heavy atom. The maximum absolute atomic E-state index is 12.8. The van der Waals surface area contributed by atoms with Crippen molar-refractivity contribution < 1.29 is 14.0 Å². The molecule has 3 aromatic rings. The number of hydrogen-bond acceptors (Lipinski definition) is 4. The predicted molar refractivity (Wildman–Crippen MR) is 131 cm³/mol. The fraction of sp³-hybridized carbons (Fsp3) is 0.320. The molecule has 166 valence electrons. The molecule has 1 fully saturated rings. The van der Waals surface area contributed by atoms with Gasteiger partial charge in [-0.15, -0.1) is 0 Å². The zero-order valence-corrected chi connectivity index (χ0v) is 20.3. The molecular weight excluding hydrogens is 517 g/mol. The van der Waals surface area contributed by atoms with Crippen molar-refractivity contribution in [2.45, 2.75) is 51.7 Å². The van der Waals surface area contributed by atoms with E-state index in [1.54, 1.807) is 0 Å². The number of halogens is 1. The summed E-state index contributed by atoms with van der Waals surface area (Å²) in [5.74, 6) is 0.323. The molecule has 1 aliphatic rings. The van der Waals surface area contributed by atoms with Crippen molar-refractivity contribution in [2.24, 2.45) is 0 Å². The van der Waals surface area contributed by atoms with Crippen LogP contribution in [0, 0.1) is 3.57 Å². The fourth-order valence-corrected chi connectivity index (χ4v) is 4.41. The molecule has 2 amide bonds. The normalized spacial score (nSPS) is 18.0. The molecule has 0 spiro atoms. The number of rotatable bonds is 6. The lowest BCUT2D eigenvalue weighted by atomic mass is 10.1. The average molecular weight is 543 g/mol. The van der Waals surface area contributed by atoms with E-state index in [0.717, 1.165) is 33.1 Å². The largest absolute Gasteiger partial charge is 0.444 e. The Bertz CT molecular complexity index is 1080. The standard InChI is InChI=1S/C25H26IN3O3/c1-16-3-4-17(2)29(16)25(31)22-15-32-24(28-22)20-9-5-19(6-10-20)14-27-23(30)13-18-7-11-21(26)12-8-18/h5-12,15-17H,3-4,13-14H2,1-2H3,(H,27,30)/t16-,17+. The maximum Gasteiger partial charge on any atom is 0.276 e. The van der Waals surface area contributed by atoms with Crippen LogP contribution in [0.3, 0.4) is 0 Å². The summed E-state index contributed by atoms with van der Waals surface area (Å²) in [4.78, 5) is 31.3. The van der Waals surface area contributed by atoms with Crippen LogP contribution in [0.2, 0.25) is 0 Å². The van der Waals surface area contributed by atoms with Gasteiger partial charge in [-0.2, -0.15) is 0 Å². The number of oxazole rings is 1. The summed E-state index contributed by atoms with van der Waals surface area (Å²) in [6.07, 6.45) is 3.82. The van der Waals surface area contributed by atoms with Gasteiger partial charge in [-0.1, -0.05) is 24.3 Å². The molecule has 0 aliphatic carbocycles. The van der Waals surface area contributed by atoms with E-state index < -0.39 is 0 Å². The molecule has 0 bridgehead atoms. The second kappa shape index (κ2) is 9.85. The lowest BCUT2D eigenvalue weighted by Crippen LogP contribution is -2.38. The third-order valence-electron chi connectivity index (χ3n) is 5.88. The van der Waals surface area contributed by atoms with Gasteiger partial charge in [0.05, 0.1) is 6.42 Å². The van der Waals surface area contributed by atoms with Crippen LogP contribution in [-0.2, 0) is 17.8 Å². The van der Waals surface area contributed by atoms with Gasteiger partial charge in [0, 0.05) is 27.8 Å². The van der Waals surface area contributed by atoms with E-state index in [1.807, 2.05) is 53.4 Å². The smallest absolute Gasteiger partial charge is 0.276 e. The minimum atomic E-state index is -0.0787. The van der Waals surface area contributed by atoms with Crippen molar-refractivity contribution in [2.75, 3.05) is 0 Å². The van der Waals surface area contributed by atoms with E-state index >= 15 is 0 Å². The van der Waals surface area contributed by atoms with Gasteiger partial charge < -0.3 is 14.6 Å². The topological polar surface area (TPSA) is 75.4 Å². The van der Waals surface area contributed by atoms with Gasteiger partial charge in [0.2, 0.25) is 11.8 Å². The van der Waals surface area contributed by atoms with Crippen molar-refractivity contribution in [3.8, 4) is 11.5 Å². The molecule has 2 heterocycles. The SMILES string of the molecule is C[C@@H]1CC[C@H](C)N1C(=O)c1coc(-c2ccc(CNC(=O)Cc3ccc(I)cc3)cc2)n1. The highest BCUT2D eigenvalue weighted by atomic mass is 127. The van der Waals surface area contributed by atoms with Gasteiger partial charge >= 0.3 is 0 Å². The minimum absolute atomic E-state index is 0.0171. The Morgan fingerprint density at radius 2 is 1.66 bits per heavy atom. The highest BCUT2D eigenvalue weighted by molar-refractivity contribution is 14.1. The Morgan fingerprint density at radius 3 is 2.31 bits per heavy atom. The van der Waals surface area contributed by atoms with Crippen molar-refractivity contribution in [3.63, 3.8) is 0 Å². The molecular formula is C25H26IN3O3. The zero-order valence-electron chi connectivity index (χ0n) is 18.2. The average Bonchev–Trinajstić information content (AvgIpc) is 3.41. The highest BCUT2D eigenvalue weighted by Gasteiger charge is 2.33. The molecule has 0 saturated carbocycles. The maximum atomic E-state index is 12.8. The van der Waals surface area contributed by atoms with E-state index in [4.69, 9.17) is 4.42 Å². The zero-order chi connectivity index (χ0) is 22.7. The molecule has 32 heavy (non-hydrogen) atoms. The fourth-order valence-electron chi connectivity index (χ4n) is 4.05. The second-order valence-electron chi connectivity index (χ2n) is 8.30. The van der Waals surface area contributed by atoms with Crippen molar-refractivity contribution in [1.82, 2.24) is 15.2 Å². The summed E-state index contributed by atoms with van der Waals surface area (Å²) in [5, 5.41) is 2.95. The van der Waals surface area contributed by atoms with Crippen molar-refractivity contribution in [3.05, 3.63) is 75.2 Å². The first-order valence-electron chi connectivity index (χ1n) is 10.8. The number of amides is 2. The Labute approximate surface area is 201 Å². The molecule has 2 aromatic carbocycles.